The molecule has 1 aromatic carbocycles. The molecule has 96 valence electrons. The number of esters is 1. The summed E-state index contributed by atoms with van der Waals surface area (Å²) in [7, 11) is 0. The van der Waals surface area contributed by atoms with Crippen molar-refractivity contribution in [3.63, 3.8) is 0 Å². The number of rotatable bonds is 5. The Morgan fingerprint density at radius 1 is 1.39 bits per heavy atom. The number of nitriles is 1. The monoisotopic (exact) mass is 265 g/mol. The lowest BCUT2D eigenvalue weighted by Gasteiger charge is -2.13. The molecule has 0 atom stereocenters. The van der Waals surface area contributed by atoms with Gasteiger partial charge in [-0.3, -0.25) is 4.79 Å². The molecule has 0 saturated carbocycles. The van der Waals surface area contributed by atoms with Crippen molar-refractivity contribution in [3.8, 4) is 6.07 Å². The van der Waals surface area contributed by atoms with E-state index < -0.39 is 0 Å². The molecule has 0 radical (unpaired) electrons. The van der Waals surface area contributed by atoms with Gasteiger partial charge in [0.25, 0.3) is 0 Å². The largest absolute Gasteiger partial charge is 0.466 e. The number of hydrogen-bond acceptors (Lipinski definition) is 3. The number of carbonyl (C=O) groups is 1. The molecule has 0 fully saturated rings. The molecule has 0 aliphatic heterocycles. The standard InChI is InChI=1S/C14H16ClNO2/c1-3-12-10(7-14(17)18-4-2)5-6-11(9-16)13(12)8-15/h5-6H,3-4,7-8H2,1-2H3. The van der Waals surface area contributed by atoms with E-state index in [1.54, 1.807) is 13.0 Å². The van der Waals surface area contributed by atoms with Crippen LogP contribution in [0.4, 0.5) is 0 Å². The van der Waals surface area contributed by atoms with Gasteiger partial charge in [-0.2, -0.15) is 5.26 Å². The van der Waals surface area contributed by atoms with Crippen molar-refractivity contribution in [1.82, 2.24) is 0 Å². The summed E-state index contributed by atoms with van der Waals surface area (Å²) in [6.45, 7) is 4.14. The van der Waals surface area contributed by atoms with Crippen LogP contribution in [-0.2, 0) is 28.3 Å². The second kappa shape index (κ2) is 7.03. The SMILES string of the molecule is CCOC(=O)Cc1ccc(C#N)c(CCl)c1CC. The Kier molecular flexibility index (Phi) is 5.67. The van der Waals surface area contributed by atoms with E-state index in [1.807, 2.05) is 13.0 Å². The van der Waals surface area contributed by atoms with Crippen molar-refractivity contribution in [2.75, 3.05) is 6.61 Å². The van der Waals surface area contributed by atoms with Crippen LogP contribution in [-0.4, -0.2) is 12.6 Å². The van der Waals surface area contributed by atoms with E-state index in [9.17, 15) is 4.79 Å². The minimum atomic E-state index is -0.252. The molecular weight excluding hydrogens is 250 g/mol. The molecule has 4 heteroatoms. The van der Waals surface area contributed by atoms with Gasteiger partial charge >= 0.3 is 5.97 Å². The van der Waals surface area contributed by atoms with Crippen LogP contribution in [0, 0.1) is 11.3 Å². The Morgan fingerprint density at radius 2 is 2.11 bits per heavy atom. The third kappa shape index (κ3) is 3.24. The van der Waals surface area contributed by atoms with Gasteiger partial charge in [-0.1, -0.05) is 13.0 Å². The van der Waals surface area contributed by atoms with Crippen molar-refractivity contribution in [3.05, 3.63) is 34.4 Å². The summed E-state index contributed by atoms with van der Waals surface area (Å²) in [4.78, 5) is 11.5. The molecule has 0 aliphatic rings. The fourth-order valence-electron chi connectivity index (χ4n) is 1.97. The predicted octanol–water partition coefficient (Wildman–Crippen LogP) is 2.97. The first-order chi connectivity index (χ1) is 8.67. The van der Waals surface area contributed by atoms with Gasteiger partial charge in [0, 0.05) is 5.88 Å². The van der Waals surface area contributed by atoms with Gasteiger partial charge < -0.3 is 4.74 Å². The lowest BCUT2D eigenvalue weighted by molar-refractivity contribution is -0.142. The highest BCUT2D eigenvalue weighted by Crippen LogP contribution is 2.22. The van der Waals surface area contributed by atoms with Crippen LogP contribution >= 0.6 is 11.6 Å². The third-order valence-corrected chi connectivity index (χ3v) is 3.04. The first-order valence-corrected chi connectivity index (χ1v) is 6.46. The molecule has 0 bridgehead atoms. The van der Waals surface area contributed by atoms with Crippen LogP contribution in [0.15, 0.2) is 12.1 Å². The van der Waals surface area contributed by atoms with E-state index in [4.69, 9.17) is 21.6 Å². The first kappa shape index (κ1) is 14.5. The minimum absolute atomic E-state index is 0.229. The zero-order chi connectivity index (χ0) is 13.5. The third-order valence-electron chi connectivity index (χ3n) is 2.78. The highest BCUT2D eigenvalue weighted by atomic mass is 35.5. The molecule has 0 spiro atoms. The second-order valence-corrected chi connectivity index (χ2v) is 4.08. The van der Waals surface area contributed by atoms with E-state index in [0.717, 1.165) is 23.1 Å². The number of hydrogen-bond donors (Lipinski definition) is 0. The molecule has 1 aromatic rings. The average molecular weight is 266 g/mol. The van der Waals surface area contributed by atoms with Crippen LogP contribution in [0.2, 0.25) is 0 Å². The Labute approximate surface area is 112 Å². The highest BCUT2D eigenvalue weighted by molar-refractivity contribution is 6.17. The van der Waals surface area contributed by atoms with Crippen LogP contribution in [0.25, 0.3) is 0 Å². The van der Waals surface area contributed by atoms with Crippen LogP contribution in [0.3, 0.4) is 0 Å². The van der Waals surface area contributed by atoms with Gasteiger partial charge in [0.1, 0.15) is 0 Å². The number of carbonyl (C=O) groups excluding carboxylic acids is 1. The number of benzene rings is 1. The zero-order valence-corrected chi connectivity index (χ0v) is 11.4. The number of halogens is 1. The maximum atomic E-state index is 11.5. The summed E-state index contributed by atoms with van der Waals surface area (Å²) >= 11 is 5.90. The molecule has 0 amide bonds. The highest BCUT2D eigenvalue weighted by Gasteiger charge is 2.14. The molecule has 0 heterocycles. The minimum Gasteiger partial charge on any atom is -0.466 e. The summed E-state index contributed by atoms with van der Waals surface area (Å²) in [5.74, 6) is 0.0281. The molecule has 0 aromatic heterocycles. The molecule has 18 heavy (non-hydrogen) atoms. The number of ether oxygens (including phenoxy) is 1. The molecule has 0 saturated heterocycles. The Balaban J connectivity index is 3.13. The van der Waals surface area contributed by atoms with Gasteiger partial charge in [-0.25, -0.2) is 0 Å². The maximum Gasteiger partial charge on any atom is 0.310 e. The molecule has 1 rings (SSSR count). The van der Waals surface area contributed by atoms with E-state index in [-0.39, 0.29) is 18.3 Å². The summed E-state index contributed by atoms with van der Waals surface area (Å²) in [6, 6.07) is 5.65. The lowest BCUT2D eigenvalue weighted by Crippen LogP contribution is -2.10. The van der Waals surface area contributed by atoms with E-state index in [2.05, 4.69) is 6.07 Å². The Hall–Kier alpha value is -1.53. The summed E-state index contributed by atoms with van der Waals surface area (Å²) in [5, 5.41) is 9.03. The first-order valence-electron chi connectivity index (χ1n) is 5.93. The molecule has 0 N–H and O–H groups in total. The normalized spacial score (nSPS) is 9.89. The van der Waals surface area contributed by atoms with Gasteiger partial charge in [-0.05, 0) is 36.1 Å². The fraction of sp³-hybridized carbons (Fsp3) is 0.429. The van der Waals surface area contributed by atoms with Crippen LogP contribution in [0.5, 0.6) is 0 Å². The van der Waals surface area contributed by atoms with Gasteiger partial charge in [0.15, 0.2) is 0 Å². The second-order valence-electron chi connectivity index (χ2n) is 3.81. The molecule has 0 unspecified atom stereocenters. The van der Waals surface area contributed by atoms with Crippen molar-refractivity contribution < 1.29 is 9.53 Å². The van der Waals surface area contributed by atoms with Crippen molar-refractivity contribution in [2.45, 2.75) is 32.6 Å². The average Bonchev–Trinajstić information content (AvgIpc) is 2.38. The van der Waals surface area contributed by atoms with E-state index >= 15 is 0 Å². The molecule has 0 aliphatic carbocycles. The lowest BCUT2D eigenvalue weighted by atomic mass is 9.94. The van der Waals surface area contributed by atoms with Gasteiger partial charge in [-0.15, -0.1) is 11.6 Å². The van der Waals surface area contributed by atoms with E-state index in [1.165, 1.54) is 0 Å². The smallest absolute Gasteiger partial charge is 0.310 e. The zero-order valence-electron chi connectivity index (χ0n) is 10.6. The Morgan fingerprint density at radius 3 is 2.61 bits per heavy atom. The predicted molar refractivity (Wildman–Crippen MR) is 70.4 cm³/mol. The van der Waals surface area contributed by atoms with E-state index in [0.29, 0.717) is 12.2 Å². The quantitative estimate of drug-likeness (QED) is 0.607. The maximum absolute atomic E-state index is 11.5. The van der Waals surface area contributed by atoms with Crippen LogP contribution < -0.4 is 0 Å². The number of alkyl halides is 1. The Bertz CT molecular complexity index is 477. The summed E-state index contributed by atoms with van der Waals surface area (Å²) in [5.41, 5.74) is 3.28. The summed E-state index contributed by atoms with van der Waals surface area (Å²) < 4.78 is 4.94. The molecular formula is C14H16ClNO2. The van der Waals surface area contributed by atoms with Gasteiger partial charge in [0.05, 0.1) is 24.7 Å². The van der Waals surface area contributed by atoms with Crippen molar-refractivity contribution in [1.29, 1.82) is 5.26 Å². The summed E-state index contributed by atoms with van der Waals surface area (Å²) in [6.07, 6.45) is 0.971. The fourth-order valence-corrected chi connectivity index (χ4v) is 2.28. The van der Waals surface area contributed by atoms with Crippen LogP contribution in [0.1, 0.15) is 36.1 Å². The van der Waals surface area contributed by atoms with Crippen molar-refractivity contribution in [2.24, 2.45) is 0 Å². The number of nitrogens with zero attached hydrogens (tertiary/aromatic N) is 1. The van der Waals surface area contributed by atoms with Gasteiger partial charge in [0.2, 0.25) is 0 Å². The van der Waals surface area contributed by atoms with Crippen molar-refractivity contribution >= 4 is 17.6 Å². The topological polar surface area (TPSA) is 50.1 Å². The molecule has 3 nitrogen and oxygen atoms in total.